The Labute approximate surface area is 149 Å². The lowest BCUT2D eigenvalue weighted by molar-refractivity contribution is -0.120. The number of carbonyl (C=O) groups excluding carboxylic acids is 2. The largest absolute Gasteiger partial charge is 0.326 e. The minimum Gasteiger partial charge on any atom is -0.326 e. The molecule has 0 spiro atoms. The van der Waals surface area contributed by atoms with E-state index in [1.54, 1.807) is 24.3 Å². The maximum Gasteiger partial charge on any atom is 0.241 e. The first-order valence-corrected chi connectivity index (χ1v) is 9.41. The fraction of sp³-hybridized carbons (Fsp3) is 0.263. The van der Waals surface area contributed by atoms with Crippen LogP contribution in [-0.4, -0.2) is 21.3 Å². The highest BCUT2D eigenvalue weighted by Gasteiger charge is 2.34. The van der Waals surface area contributed by atoms with Crippen LogP contribution in [0.25, 0.3) is 0 Å². The second-order valence-corrected chi connectivity index (χ2v) is 7.59. The van der Waals surface area contributed by atoms with Gasteiger partial charge in [0.25, 0.3) is 0 Å². The van der Waals surface area contributed by atoms with Gasteiger partial charge in [0.05, 0.1) is 27.8 Å². The zero-order chi connectivity index (χ0) is 18.0. The molecule has 0 saturated heterocycles. The summed E-state index contributed by atoms with van der Waals surface area (Å²) in [5.74, 6) is -0.690. The smallest absolute Gasteiger partial charge is 0.241 e. The highest BCUT2D eigenvalue weighted by atomic mass is 32.2. The van der Waals surface area contributed by atoms with E-state index in [1.807, 2.05) is 32.0 Å². The molecule has 2 N–H and O–H groups in total. The van der Waals surface area contributed by atoms with Crippen LogP contribution >= 0.6 is 0 Å². The van der Waals surface area contributed by atoms with Crippen molar-refractivity contribution in [1.29, 1.82) is 0 Å². The summed E-state index contributed by atoms with van der Waals surface area (Å²) in [4.78, 5) is 25.3. The first-order chi connectivity index (χ1) is 12.0. The number of fused-ring (bicyclic) bond motifs is 1. The molecule has 2 atom stereocenters. The lowest BCUT2D eigenvalue weighted by Crippen LogP contribution is -2.39. The quantitative estimate of drug-likeness (QED) is 0.884. The molecule has 2 amide bonds. The third-order valence-corrected chi connectivity index (χ3v) is 5.97. The average molecular weight is 356 g/mol. The zero-order valence-corrected chi connectivity index (χ0v) is 15.0. The summed E-state index contributed by atoms with van der Waals surface area (Å²) in [6, 6.07) is 12.8. The molecule has 1 aliphatic rings. The van der Waals surface area contributed by atoms with Gasteiger partial charge in [0.1, 0.15) is 5.25 Å². The van der Waals surface area contributed by atoms with Crippen LogP contribution in [0.2, 0.25) is 0 Å². The van der Waals surface area contributed by atoms with Gasteiger partial charge in [-0.05, 0) is 36.6 Å². The minimum absolute atomic E-state index is 0.121. The van der Waals surface area contributed by atoms with E-state index in [9.17, 15) is 13.8 Å². The third kappa shape index (κ3) is 3.49. The van der Waals surface area contributed by atoms with Crippen LogP contribution in [0.1, 0.15) is 24.5 Å². The molecule has 0 aromatic heterocycles. The Hall–Kier alpha value is -2.47. The average Bonchev–Trinajstić information content (AvgIpc) is 2.60. The van der Waals surface area contributed by atoms with Crippen LogP contribution in [0, 0.1) is 6.92 Å². The van der Waals surface area contributed by atoms with Crippen molar-refractivity contribution < 1.29 is 13.8 Å². The number of benzene rings is 2. The molecular formula is C19H20N2O3S. The number of para-hydroxylation sites is 2. The van der Waals surface area contributed by atoms with Crippen molar-refractivity contribution in [3.63, 3.8) is 0 Å². The van der Waals surface area contributed by atoms with Gasteiger partial charge in [-0.15, -0.1) is 0 Å². The molecule has 1 heterocycles. The lowest BCUT2D eigenvalue weighted by Gasteiger charge is -2.23. The van der Waals surface area contributed by atoms with E-state index in [4.69, 9.17) is 0 Å². The molecule has 6 heteroatoms. The maximum absolute atomic E-state index is 12.7. The Morgan fingerprint density at radius 2 is 1.96 bits per heavy atom. The molecule has 0 bridgehead atoms. The van der Waals surface area contributed by atoms with Gasteiger partial charge in [-0.2, -0.15) is 0 Å². The number of hydrogen-bond donors (Lipinski definition) is 2. The number of hydrogen-bond acceptors (Lipinski definition) is 3. The predicted octanol–water partition coefficient (Wildman–Crippen LogP) is 3.01. The molecular weight excluding hydrogens is 336 g/mol. The molecule has 0 radical (unpaired) electrons. The SMILES string of the molecule is CCc1cccc(C)c1NC(=O)C[C@H]1C(=O)Nc2ccccc2[S@]1=O. The van der Waals surface area contributed by atoms with Gasteiger partial charge in [0, 0.05) is 5.69 Å². The molecule has 3 rings (SSSR count). The molecule has 5 nitrogen and oxygen atoms in total. The summed E-state index contributed by atoms with van der Waals surface area (Å²) in [6.07, 6.45) is 0.671. The molecule has 2 aromatic carbocycles. The predicted molar refractivity (Wildman–Crippen MR) is 99.1 cm³/mol. The summed E-state index contributed by atoms with van der Waals surface area (Å²) in [5.41, 5.74) is 3.33. The van der Waals surface area contributed by atoms with E-state index < -0.39 is 16.0 Å². The van der Waals surface area contributed by atoms with Crippen LogP contribution in [0.3, 0.4) is 0 Å². The normalized spacial score (nSPS) is 19.0. The highest BCUT2D eigenvalue weighted by molar-refractivity contribution is 7.86. The number of nitrogens with one attached hydrogen (secondary N) is 2. The Bertz CT molecular complexity index is 863. The molecule has 2 aromatic rings. The van der Waals surface area contributed by atoms with Crippen molar-refractivity contribution in [3.8, 4) is 0 Å². The Morgan fingerprint density at radius 3 is 2.72 bits per heavy atom. The second kappa shape index (κ2) is 7.19. The molecule has 0 unspecified atom stereocenters. The fourth-order valence-electron chi connectivity index (χ4n) is 2.94. The molecule has 0 saturated carbocycles. The van der Waals surface area contributed by atoms with Gasteiger partial charge >= 0.3 is 0 Å². The van der Waals surface area contributed by atoms with Gasteiger partial charge < -0.3 is 10.6 Å². The Kier molecular flexibility index (Phi) is 4.99. The zero-order valence-electron chi connectivity index (χ0n) is 14.2. The van der Waals surface area contributed by atoms with Crippen LogP contribution in [-0.2, 0) is 26.8 Å². The van der Waals surface area contributed by atoms with Crippen molar-refractivity contribution in [2.45, 2.75) is 36.8 Å². The van der Waals surface area contributed by atoms with E-state index >= 15 is 0 Å². The Morgan fingerprint density at radius 1 is 1.20 bits per heavy atom. The summed E-state index contributed by atoms with van der Waals surface area (Å²) < 4.78 is 12.7. The maximum atomic E-state index is 12.7. The molecule has 25 heavy (non-hydrogen) atoms. The van der Waals surface area contributed by atoms with Crippen LogP contribution in [0.4, 0.5) is 11.4 Å². The van der Waals surface area contributed by atoms with Crippen molar-refractivity contribution >= 4 is 34.0 Å². The van der Waals surface area contributed by atoms with Gasteiger partial charge in [0.2, 0.25) is 11.8 Å². The van der Waals surface area contributed by atoms with Crippen molar-refractivity contribution in [2.24, 2.45) is 0 Å². The first-order valence-electron chi connectivity index (χ1n) is 8.20. The highest BCUT2D eigenvalue weighted by Crippen LogP contribution is 2.29. The van der Waals surface area contributed by atoms with Gasteiger partial charge in [-0.25, -0.2) is 0 Å². The van der Waals surface area contributed by atoms with Gasteiger partial charge in [-0.1, -0.05) is 37.3 Å². The van der Waals surface area contributed by atoms with E-state index in [0.29, 0.717) is 10.6 Å². The molecule has 0 aliphatic carbocycles. The van der Waals surface area contributed by atoms with Crippen LogP contribution in [0.5, 0.6) is 0 Å². The summed E-state index contributed by atoms with van der Waals surface area (Å²) >= 11 is 0. The van der Waals surface area contributed by atoms with E-state index in [0.717, 1.165) is 23.2 Å². The van der Waals surface area contributed by atoms with E-state index in [1.165, 1.54) is 0 Å². The third-order valence-electron chi connectivity index (χ3n) is 4.29. The number of aryl methyl sites for hydroxylation is 2. The molecule has 130 valence electrons. The van der Waals surface area contributed by atoms with Gasteiger partial charge in [0.15, 0.2) is 0 Å². The first kappa shape index (κ1) is 17.4. The molecule has 1 aliphatic heterocycles. The minimum atomic E-state index is -1.55. The van der Waals surface area contributed by atoms with Crippen molar-refractivity contribution in [1.82, 2.24) is 0 Å². The van der Waals surface area contributed by atoms with E-state index in [-0.39, 0.29) is 18.2 Å². The standard InChI is InChI=1S/C19H20N2O3S/c1-3-13-8-6-7-12(2)18(13)21-17(22)11-16-19(23)20-14-9-4-5-10-15(14)25(16)24/h4-10,16H,3,11H2,1-2H3,(H,20,23)(H,21,22)/t16-,25+/m0/s1. The summed E-state index contributed by atoms with van der Waals surface area (Å²) in [7, 11) is -1.55. The topological polar surface area (TPSA) is 75.3 Å². The van der Waals surface area contributed by atoms with Gasteiger partial charge in [-0.3, -0.25) is 13.8 Å². The molecule has 0 fully saturated rings. The van der Waals surface area contributed by atoms with E-state index in [2.05, 4.69) is 10.6 Å². The lowest BCUT2D eigenvalue weighted by atomic mass is 10.1. The van der Waals surface area contributed by atoms with Crippen LogP contribution in [0.15, 0.2) is 47.4 Å². The van der Waals surface area contributed by atoms with Crippen molar-refractivity contribution in [3.05, 3.63) is 53.6 Å². The number of anilines is 2. The fourth-order valence-corrected chi connectivity index (χ4v) is 4.35. The summed E-state index contributed by atoms with van der Waals surface area (Å²) in [6.45, 7) is 3.95. The Balaban J connectivity index is 1.78. The van der Waals surface area contributed by atoms with Crippen molar-refractivity contribution in [2.75, 3.05) is 10.6 Å². The number of amides is 2. The van der Waals surface area contributed by atoms with Crippen LogP contribution < -0.4 is 10.6 Å². The number of carbonyl (C=O) groups is 2. The second-order valence-electron chi connectivity index (χ2n) is 5.99. The monoisotopic (exact) mass is 356 g/mol. The summed E-state index contributed by atoms with van der Waals surface area (Å²) in [5, 5.41) is 4.74. The number of rotatable bonds is 4.